The van der Waals surface area contributed by atoms with Crippen LogP contribution in [0, 0.1) is 0 Å². The highest BCUT2D eigenvalue weighted by Gasteiger charge is 2.24. The van der Waals surface area contributed by atoms with Crippen molar-refractivity contribution >= 4 is 5.96 Å². The average molecular weight is 322 g/mol. The fraction of sp³-hybridized carbons (Fsp3) is 0.632. The van der Waals surface area contributed by atoms with Gasteiger partial charge in [0, 0.05) is 0 Å². The van der Waals surface area contributed by atoms with E-state index in [-0.39, 0.29) is 5.75 Å². The molecule has 0 aliphatic carbocycles. The van der Waals surface area contributed by atoms with E-state index in [4.69, 9.17) is 0 Å². The molecule has 4 nitrogen and oxygen atoms in total. The van der Waals surface area contributed by atoms with Gasteiger partial charge >= 0.3 is 5.96 Å². The van der Waals surface area contributed by atoms with Crippen LogP contribution in [0.25, 0.3) is 0 Å². The molecule has 1 aromatic rings. The Hall–Kier alpha value is -1.71. The highest BCUT2D eigenvalue weighted by atomic mass is 16.3. The molecule has 0 spiro atoms. The van der Waals surface area contributed by atoms with Gasteiger partial charge in [-0.15, -0.1) is 5.75 Å². The molecule has 0 aliphatic heterocycles. The smallest absolute Gasteiger partial charge is 0.350 e. The van der Waals surface area contributed by atoms with Crippen molar-refractivity contribution in [2.45, 2.75) is 41.5 Å². The maximum Gasteiger partial charge on any atom is 0.350 e. The summed E-state index contributed by atoms with van der Waals surface area (Å²) >= 11 is 0. The Kier molecular flexibility index (Phi) is 11.8. The monoisotopic (exact) mass is 321 g/mol. The quantitative estimate of drug-likeness (QED) is 0.459. The zero-order chi connectivity index (χ0) is 17.7. The van der Waals surface area contributed by atoms with Crippen LogP contribution in [0.5, 0.6) is 5.75 Å². The lowest BCUT2D eigenvalue weighted by Crippen LogP contribution is -2.49. The minimum atomic E-state index is 0.0718. The van der Waals surface area contributed by atoms with E-state index in [2.05, 4.69) is 55.9 Å². The van der Waals surface area contributed by atoms with Gasteiger partial charge in [-0.2, -0.15) is 0 Å². The van der Waals surface area contributed by atoms with Crippen molar-refractivity contribution in [3.05, 3.63) is 30.3 Å². The lowest BCUT2D eigenvalue weighted by atomic mass is 10.3. The van der Waals surface area contributed by atoms with Gasteiger partial charge in [0.1, 0.15) is 0 Å². The van der Waals surface area contributed by atoms with Crippen LogP contribution in [0.4, 0.5) is 0 Å². The van der Waals surface area contributed by atoms with Gasteiger partial charge in [-0.25, -0.2) is 0 Å². The molecule has 0 aromatic heterocycles. The first kappa shape index (κ1) is 21.3. The van der Waals surface area contributed by atoms with Gasteiger partial charge in [0.2, 0.25) is 0 Å². The van der Waals surface area contributed by atoms with Crippen molar-refractivity contribution < 1.29 is 9.68 Å². The minimum absolute atomic E-state index is 0.0718. The topological polar surface area (TPSA) is 32.5 Å². The molecule has 0 fully saturated rings. The molecule has 23 heavy (non-hydrogen) atoms. The van der Waals surface area contributed by atoms with Gasteiger partial charge < -0.3 is 5.11 Å². The van der Waals surface area contributed by atoms with Crippen molar-refractivity contribution in [1.82, 2.24) is 9.80 Å². The van der Waals surface area contributed by atoms with E-state index in [1.54, 1.807) is 12.1 Å². The first-order valence-corrected chi connectivity index (χ1v) is 8.93. The Labute approximate surface area is 143 Å². The summed E-state index contributed by atoms with van der Waals surface area (Å²) in [7, 11) is 0. The molecule has 1 rings (SSSR count). The van der Waals surface area contributed by atoms with Crippen molar-refractivity contribution in [1.29, 1.82) is 0 Å². The summed E-state index contributed by atoms with van der Waals surface area (Å²) in [5.74, 6) is 1.47. The first-order chi connectivity index (χ1) is 11.1. The van der Waals surface area contributed by atoms with Crippen LogP contribution < -0.4 is 5.11 Å². The first-order valence-electron chi connectivity index (χ1n) is 8.93. The highest BCUT2D eigenvalue weighted by Crippen LogP contribution is 2.00. The summed E-state index contributed by atoms with van der Waals surface area (Å²) < 4.78 is 2.46. The Bertz CT molecular complexity index is 404. The number of rotatable bonds is 6. The number of hydrogen-bond donors (Lipinski definition) is 0. The van der Waals surface area contributed by atoms with E-state index < -0.39 is 0 Å². The lowest BCUT2D eigenvalue weighted by molar-refractivity contribution is -0.531. The van der Waals surface area contributed by atoms with Crippen LogP contribution in [-0.4, -0.2) is 59.6 Å². The van der Waals surface area contributed by atoms with Crippen molar-refractivity contribution in [3.8, 4) is 5.75 Å². The maximum atomic E-state index is 10.3. The molecule has 0 amide bonds. The van der Waals surface area contributed by atoms with E-state index >= 15 is 0 Å². The van der Waals surface area contributed by atoms with Gasteiger partial charge in [-0.3, -0.25) is 14.4 Å². The van der Waals surface area contributed by atoms with E-state index in [0.29, 0.717) is 0 Å². The molecular weight excluding hydrogens is 286 g/mol. The third-order valence-corrected chi connectivity index (χ3v) is 3.88. The van der Waals surface area contributed by atoms with Gasteiger partial charge in [0.05, 0.1) is 39.3 Å². The largest absolute Gasteiger partial charge is 0.872 e. The fourth-order valence-corrected chi connectivity index (χ4v) is 2.54. The average Bonchev–Trinajstić information content (AvgIpc) is 2.59. The molecule has 132 valence electrons. The predicted molar refractivity (Wildman–Crippen MR) is 98.1 cm³/mol. The Morgan fingerprint density at radius 3 is 1.39 bits per heavy atom. The van der Waals surface area contributed by atoms with E-state index in [9.17, 15) is 5.11 Å². The van der Waals surface area contributed by atoms with Crippen LogP contribution in [0.3, 0.4) is 0 Å². The number of benzene rings is 1. The van der Waals surface area contributed by atoms with E-state index in [1.165, 1.54) is 18.1 Å². The lowest BCUT2D eigenvalue weighted by Gasteiger charge is -2.27. The van der Waals surface area contributed by atoms with E-state index in [0.717, 1.165) is 39.3 Å². The second-order valence-electron chi connectivity index (χ2n) is 5.13. The molecule has 0 saturated carbocycles. The molecule has 4 heteroatoms. The molecule has 0 atom stereocenters. The molecule has 0 bridgehead atoms. The fourth-order valence-electron chi connectivity index (χ4n) is 2.54. The molecule has 0 aliphatic rings. The molecule has 1 aromatic carbocycles. The third kappa shape index (κ3) is 7.40. The Morgan fingerprint density at radius 2 is 1.17 bits per heavy atom. The zero-order valence-electron chi connectivity index (χ0n) is 15.9. The van der Waals surface area contributed by atoms with Crippen molar-refractivity contribution in [2.24, 2.45) is 0 Å². The van der Waals surface area contributed by atoms with Gasteiger partial charge in [-0.05, 0) is 41.5 Å². The number of guanidine groups is 1. The summed E-state index contributed by atoms with van der Waals surface area (Å²) in [6.45, 7) is 19.9. The third-order valence-electron chi connectivity index (χ3n) is 3.88. The zero-order valence-corrected chi connectivity index (χ0v) is 15.9. The molecule has 0 N–H and O–H groups in total. The van der Waals surface area contributed by atoms with Gasteiger partial charge in [-0.1, -0.05) is 30.3 Å². The molecule has 0 unspecified atom stereocenters. The van der Waals surface area contributed by atoms with Crippen LogP contribution in [0.15, 0.2) is 30.3 Å². The second kappa shape index (κ2) is 12.8. The van der Waals surface area contributed by atoms with Crippen LogP contribution in [-0.2, 0) is 0 Å². The molecule has 0 radical (unpaired) electrons. The van der Waals surface area contributed by atoms with Crippen LogP contribution in [0.2, 0.25) is 0 Å². The summed E-state index contributed by atoms with van der Waals surface area (Å²) in [6.07, 6.45) is 0. The second-order valence-corrected chi connectivity index (χ2v) is 5.13. The van der Waals surface area contributed by atoms with Gasteiger partial charge in [0.15, 0.2) is 0 Å². The molecule has 0 heterocycles. The molecular formula is C19H35N3O. The maximum absolute atomic E-state index is 10.3. The SMILES string of the molecule is CCN(CC)C(N(CC)CC)=[N+](CC)CC.[O-]c1ccccc1. The molecule has 0 saturated heterocycles. The normalized spacial score (nSPS) is 9.65. The number of hydrogen-bond acceptors (Lipinski definition) is 1. The van der Waals surface area contributed by atoms with Crippen molar-refractivity contribution in [3.63, 3.8) is 0 Å². The summed E-state index contributed by atoms with van der Waals surface area (Å²) in [6, 6.07) is 8.33. The van der Waals surface area contributed by atoms with Crippen LogP contribution >= 0.6 is 0 Å². The summed E-state index contributed by atoms with van der Waals surface area (Å²) in [5, 5.41) is 10.3. The van der Waals surface area contributed by atoms with E-state index in [1.807, 2.05) is 6.07 Å². The standard InChI is InChI=1S/C13H30N3.C6H6O/c1-7-14(8-2)13(15(9-3)10-4)16(11-5)12-6;7-6-4-2-1-3-5-6/h7-12H2,1-6H3;1-5,7H/q+1;/p-1. The minimum Gasteiger partial charge on any atom is -0.872 e. The highest BCUT2D eigenvalue weighted by molar-refractivity contribution is 5.75. The number of nitrogens with zero attached hydrogens (tertiary/aromatic N) is 3. The van der Waals surface area contributed by atoms with Gasteiger partial charge in [0.25, 0.3) is 0 Å². The Morgan fingerprint density at radius 1 is 0.783 bits per heavy atom. The van der Waals surface area contributed by atoms with Crippen LogP contribution in [0.1, 0.15) is 41.5 Å². The van der Waals surface area contributed by atoms with Crippen molar-refractivity contribution in [2.75, 3.05) is 39.3 Å². The number of para-hydroxylation sites is 1. The summed E-state index contributed by atoms with van der Waals surface area (Å²) in [5.41, 5.74) is 0. The predicted octanol–water partition coefficient (Wildman–Crippen LogP) is 2.84. The Balaban J connectivity index is 0.000000568. The summed E-state index contributed by atoms with van der Waals surface area (Å²) in [4.78, 5) is 4.92.